The number of rotatable bonds is 4. The zero-order valence-electron chi connectivity index (χ0n) is 13.9. The highest BCUT2D eigenvalue weighted by atomic mass is 16.5. The van der Waals surface area contributed by atoms with E-state index in [0.29, 0.717) is 17.8 Å². The summed E-state index contributed by atoms with van der Waals surface area (Å²) < 4.78 is 8.85. The molecule has 1 atom stereocenters. The Bertz CT molecular complexity index is 901. The maximum Gasteiger partial charge on any atom is 0.256 e. The topological polar surface area (TPSA) is 99.2 Å². The molecule has 1 N–H and O–H groups in total. The van der Waals surface area contributed by atoms with E-state index in [1.165, 1.54) is 0 Å². The third kappa shape index (κ3) is 2.98. The Kier molecular flexibility index (Phi) is 4.14. The monoisotopic (exact) mass is 341 g/mol. The summed E-state index contributed by atoms with van der Waals surface area (Å²) in [7, 11) is 1.64. The van der Waals surface area contributed by atoms with Gasteiger partial charge in [-0.3, -0.25) is 4.79 Å². The summed E-state index contributed by atoms with van der Waals surface area (Å²) in [5, 5.41) is 15.7. The Hall–Kier alpha value is -2.81. The van der Waals surface area contributed by atoms with Gasteiger partial charge in [-0.2, -0.15) is 5.10 Å². The first-order valence-corrected chi connectivity index (χ1v) is 8.25. The number of methoxy groups -OCH3 is 1. The van der Waals surface area contributed by atoms with Gasteiger partial charge in [-0.1, -0.05) is 0 Å². The van der Waals surface area contributed by atoms with Crippen molar-refractivity contribution in [2.75, 3.05) is 7.11 Å². The summed E-state index contributed by atoms with van der Waals surface area (Å²) in [6.07, 6.45) is 7.40. The van der Waals surface area contributed by atoms with Gasteiger partial charge in [0, 0.05) is 38.5 Å². The van der Waals surface area contributed by atoms with Gasteiger partial charge in [-0.25, -0.2) is 9.50 Å². The molecule has 4 rings (SSSR count). The van der Waals surface area contributed by atoms with E-state index in [4.69, 9.17) is 4.74 Å². The number of aromatic nitrogens is 6. The van der Waals surface area contributed by atoms with Gasteiger partial charge in [0.2, 0.25) is 0 Å². The zero-order chi connectivity index (χ0) is 17.2. The van der Waals surface area contributed by atoms with E-state index in [-0.39, 0.29) is 11.9 Å². The van der Waals surface area contributed by atoms with Crippen LogP contribution >= 0.6 is 0 Å². The number of ether oxygens (including phenoxy) is 1. The Morgan fingerprint density at radius 2 is 2.32 bits per heavy atom. The molecular formula is C16H19N7O2. The molecule has 0 spiro atoms. The molecule has 0 radical (unpaired) electrons. The summed E-state index contributed by atoms with van der Waals surface area (Å²) in [5.74, 6) is 1.63. The number of nitrogens with zero attached hydrogens (tertiary/aromatic N) is 6. The lowest BCUT2D eigenvalue weighted by Crippen LogP contribution is -2.35. The van der Waals surface area contributed by atoms with Crippen LogP contribution < -0.4 is 5.32 Å². The van der Waals surface area contributed by atoms with Gasteiger partial charge in [-0.05, 0) is 18.9 Å². The minimum absolute atomic E-state index is 0.0725. The number of carbonyl (C=O) groups excluding carboxylic acids is 1. The van der Waals surface area contributed by atoms with Gasteiger partial charge in [0.25, 0.3) is 5.91 Å². The van der Waals surface area contributed by atoms with Crippen molar-refractivity contribution in [3.8, 4) is 0 Å². The number of nitrogens with one attached hydrogen (secondary N) is 1. The van der Waals surface area contributed by atoms with Crippen LogP contribution in [0.25, 0.3) is 5.65 Å². The van der Waals surface area contributed by atoms with Crippen molar-refractivity contribution in [2.45, 2.75) is 38.5 Å². The van der Waals surface area contributed by atoms with Crippen molar-refractivity contribution in [3.05, 3.63) is 41.9 Å². The van der Waals surface area contributed by atoms with Crippen LogP contribution in [-0.2, 0) is 24.3 Å². The second kappa shape index (κ2) is 6.60. The highest BCUT2D eigenvalue weighted by Gasteiger charge is 2.23. The highest BCUT2D eigenvalue weighted by molar-refractivity contribution is 5.99. The first-order chi connectivity index (χ1) is 12.3. The first-order valence-electron chi connectivity index (χ1n) is 8.25. The molecule has 0 bridgehead atoms. The van der Waals surface area contributed by atoms with Crippen molar-refractivity contribution < 1.29 is 9.53 Å². The fourth-order valence-electron chi connectivity index (χ4n) is 3.18. The third-order valence-corrected chi connectivity index (χ3v) is 4.45. The largest absolute Gasteiger partial charge is 0.377 e. The smallest absolute Gasteiger partial charge is 0.256 e. The molecule has 130 valence electrons. The molecule has 1 aliphatic rings. The molecule has 3 aromatic heterocycles. The second-order valence-corrected chi connectivity index (χ2v) is 6.06. The Morgan fingerprint density at radius 1 is 1.40 bits per heavy atom. The third-order valence-electron chi connectivity index (χ3n) is 4.45. The molecule has 3 aromatic rings. The van der Waals surface area contributed by atoms with Gasteiger partial charge >= 0.3 is 0 Å². The lowest BCUT2D eigenvalue weighted by molar-refractivity contribution is 0.0934. The van der Waals surface area contributed by atoms with E-state index in [1.54, 1.807) is 36.3 Å². The van der Waals surface area contributed by atoms with Crippen LogP contribution in [0.2, 0.25) is 0 Å². The van der Waals surface area contributed by atoms with Crippen molar-refractivity contribution in [1.82, 2.24) is 34.7 Å². The Morgan fingerprint density at radius 3 is 3.20 bits per heavy atom. The maximum atomic E-state index is 12.6. The van der Waals surface area contributed by atoms with Gasteiger partial charge in [0.05, 0.1) is 6.20 Å². The van der Waals surface area contributed by atoms with E-state index in [9.17, 15) is 4.79 Å². The Labute approximate surface area is 144 Å². The van der Waals surface area contributed by atoms with Gasteiger partial charge in [0.1, 0.15) is 18.0 Å². The molecule has 9 heteroatoms. The molecule has 4 heterocycles. The van der Waals surface area contributed by atoms with Crippen molar-refractivity contribution >= 4 is 11.6 Å². The van der Waals surface area contributed by atoms with Crippen LogP contribution in [0, 0.1) is 0 Å². The van der Waals surface area contributed by atoms with E-state index >= 15 is 0 Å². The molecule has 1 aliphatic heterocycles. The summed E-state index contributed by atoms with van der Waals surface area (Å²) in [6, 6.07) is 1.85. The fourth-order valence-corrected chi connectivity index (χ4v) is 3.18. The molecule has 1 amide bonds. The van der Waals surface area contributed by atoms with Crippen LogP contribution in [0.15, 0.2) is 24.7 Å². The maximum absolute atomic E-state index is 12.6. The van der Waals surface area contributed by atoms with Gasteiger partial charge < -0.3 is 14.6 Å². The van der Waals surface area contributed by atoms with E-state index in [0.717, 1.165) is 37.5 Å². The van der Waals surface area contributed by atoms with Crippen LogP contribution in [0.4, 0.5) is 0 Å². The predicted molar refractivity (Wildman–Crippen MR) is 87.9 cm³/mol. The number of carbonyl (C=O) groups is 1. The van der Waals surface area contributed by atoms with Crippen LogP contribution in [0.5, 0.6) is 0 Å². The zero-order valence-corrected chi connectivity index (χ0v) is 13.9. The quantitative estimate of drug-likeness (QED) is 0.746. The molecule has 9 nitrogen and oxygen atoms in total. The number of hydrogen-bond acceptors (Lipinski definition) is 6. The van der Waals surface area contributed by atoms with E-state index < -0.39 is 0 Å². The normalized spacial score (nSPS) is 17.2. The number of fused-ring (bicyclic) bond motifs is 2. The molecule has 0 saturated carbocycles. The summed E-state index contributed by atoms with van der Waals surface area (Å²) in [4.78, 5) is 16.9. The molecule has 0 aromatic carbocycles. The van der Waals surface area contributed by atoms with E-state index in [1.807, 2.05) is 0 Å². The van der Waals surface area contributed by atoms with Crippen molar-refractivity contribution in [3.63, 3.8) is 0 Å². The Balaban J connectivity index is 1.46. The van der Waals surface area contributed by atoms with E-state index in [2.05, 4.69) is 30.2 Å². The van der Waals surface area contributed by atoms with Crippen molar-refractivity contribution in [2.24, 2.45) is 0 Å². The average molecular weight is 341 g/mol. The second-order valence-electron chi connectivity index (χ2n) is 6.06. The predicted octanol–water partition coefficient (Wildman–Crippen LogP) is 0.602. The molecule has 25 heavy (non-hydrogen) atoms. The lowest BCUT2D eigenvalue weighted by atomic mass is 10.1. The number of aryl methyl sites for hydroxylation is 1. The molecular weight excluding hydrogens is 322 g/mol. The van der Waals surface area contributed by atoms with Crippen molar-refractivity contribution in [1.29, 1.82) is 0 Å². The highest BCUT2D eigenvalue weighted by Crippen LogP contribution is 2.17. The standard InChI is InChI=1S/C16H19N7O2/c1-25-10-14-21-20-13-4-3-11(5-8-22(13)14)19-16(24)12-9-18-23-7-2-6-17-15(12)23/h2,6-7,9,11H,3-5,8,10H2,1H3,(H,19,24). The summed E-state index contributed by atoms with van der Waals surface area (Å²) >= 11 is 0. The van der Waals surface area contributed by atoms with Crippen LogP contribution in [0.3, 0.4) is 0 Å². The molecule has 0 fully saturated rings. The van der Waals surface area contributed by atoms with Gasteiger partial charge in [-0.15, -0.1) is 10.2 Å². The summed E-state index contributed by atoms with van der Waals surface area (Å²) in [5.41, 5.74) is 1.05. The number of amides is 1. The number of hydrogen-bond donors (Lipinski definition) is 1. The average Bonchev–Trinajstić information content (AvgIpc) is 3.16. The minimum Gasteiger partial charge on any atom is -0.377 e. The van der Waals surface area contributed by atoms with Gasteiger partial charge in [0.15, 0.2) is 11.5 Å². The summed E-state index contributed by atoms with van der Waals surface area (Å²) in [6.45, 7) is 1.21. The fraction of sp³-hybridized carbons (Fsp3) is 0.438. The first kappa shape index (κ1) is 15.7. The molecule has 0 aliphatic carbocycles. The molecule has 1 unspecified atom stereocenters. The lowest BCUT2D eigenvalue weighted by Gasteiger charge is -2.15. The van der Waals surface area contributed by atoms with Crippen LogP contribution in [-0.4, -0.2) is 48.4 Å². The molecule has 0 saturated heterocycles. The minimum atomic E-state index is -0.145. The SMILES string of the molecule is COCc1nnc2n1CCC(NC(=O)c1cnn3cccnc13)CC2. The van der Waals surface area contributed by atoms with Crippen LogP contribution in [0.1, 0.15) is 34.8 Å².